The van der Waals surface area contributed by atoms with Gasteiger partial charge in [0.1, 0.15) is 5.69 Å². The zero-order valence-corrected chi connectivity index (χ0v) is 22.5. The van der Waals surface area contributed by atoms with Crippen LogP contribution in [0.1, 0.15) is 62.3 Å². The molecular formula is C22H29F3N6O4S2. The van der Waals surface area contributed by atoms with Gasteiger partial charge in [0.15, 0.2) is 5.75 Å². The lowest BCUT2D eigenvalue weighted by Crippen LogP contribution is -2.38. The predicted molar refractivity (Wildman–Crippen MR) is 135 cm³/mol. The first kappa shape index (κ1) is 28.8. The zero-order valence-electron chi connectivity index (χ0n) is 20.9. The van der Waals surface area contributed by atoms with E-state index in [2.05, 4.69) is 25.3 Å². The maximum atomic E-state index is 12.9. The van der Waals surface area contributed by atoms with Crippen molar-refractivity contribution in [1.82, 2.24) is 10.2 Å². The van der Waals surface area contributed by atoms with E-state index in [1.165, 1.54) is 6.07 Å². The summed E-state index contributed by atoms with van der Waals surface area (Å²) < 4.78 is 70.4. The number of esters is 1. The number of carbonyl (C=O) groups is 1. The summed E-state index contributed by atoms with van der Waals surface area (Å²) in [5.41, 5.74) is 1.49. The SMILES string of the molecule is CCCN1c2cc(NS(=O)(=O)CC(F)(F)F)c(N=Nc3nnc(C(=O)OC(C)CC)s3)cc2CCC1C. The highest BCUT2D eigenvalue weighted by molar-refractivity contribution is 7.92. The number of carbonyl (C=O) groups excluding carboxylic acids is 1. The summed E-state index contributed by atoms with van der Waals surface area (Å²) in [7, 11) is -4.77. The number of nitrogens with zero attached hydrogens (tertiary/aromatic N) is 5. The van der Waals surface area contributed by atoms with Crippen molar-refractivity contribution in [1.29, 1.82) is 0 Å². The number of benzene rings is 1. The molecule has 1 aliphatic heterocycles. The fourth-order valence-corrected chi connectivity index (χ4v) is 5.31. The Hall–Kier alpha value is -2.81. The molecule has 0 aliphatic carbocycles. The van der Waals surface area contributed by atoms with Gasteiger partial charge in [0.25, 0.3) is 5.13 Å². The number of aryl methyl sites for hydroxylation is 1. The van der Waals surface area contributed by atoms with Gasteiger partial charge in [0.05, 0.1) is 11.8 Å². The van der Waals surface area contributed by atoms with Crippen LogP contribution in [0, 0.1) is 0 Å². The number of aromatic nitrogens is 2. The van der Waals surface area contributed by atoms with Crippen molar-refractivity contribution in [3.05, 3.63) is 22.7 Å². The second-order valence-electron chi connectivity index (χ2n) is 8.77. The van der Waals surface area contributed by atoms with Gasteiger partial charge in [-0.2, -0.15) is 13.2 Å². The van der Waals surface area contributed by atoms with Crippen molar-refractivity contribution in [2.24, 2.45) is 10.2 Å². The average molecular weight is 563 g/mol. The fraction of sp³-hybridized carbons (Fsp3) is 0.591. The number of sulfonamides is 1. The van der Waals surface area contributed by atoms with Gasteiger partial charge in [0.2, 0.25) is 15.0 Å². The van der Waals surface area contributed by atoms with Gasteiger partial charge in [-0.25, -0.2) is 13.2 Å². The first-order valence-corrected chi connectivity index (χ1v) is 14.3. The van der Waals surface area contributed by atoms with E-state index in [1.54, 1.807) is 13.0 Å². The molecule has 1 aromatic carbocycles. The van der Waals surface area contributed by atoms with E-state index in [9.17, 15) is 26.4 Å². The molecule has 0 saturated carbocycles. The van der Waals surface area contributed by atoms with Crippen LogP contribution in [-0.4, -0.2) is 55.2 Å². The van der Waals surface area contributed by atoms with Crippen molar-refractivity contribution < 1.29 is 31.1 Å². The highest BCUT2D eigenvalue weighted by Gasteiger charge is 2.36. The Morgan fingerprint density at radius 3 is 2.68 bits per heavy atom. The van der Waals surface area contributed by atoms with Crippen LogP contribution in [-0.2, 0) is 21.2 Å². The molecule has 0 fully saturated rings. The lowest BCUT2D eigenvalue weighted by molar-refractivity contribution is -0.106. The minimum Gasteiger partial charge on any atom is -0.457 e. The van der Waals surface area contributed by atoms with E-state index in [0.717, 1.165) is 35.4 Å². The topological polar surface area (TPSA) is 126 Å². The molecule has 204 valence electrons. The Kier molecular flexibility index (Phi) is 9.10. The van der Waals surface area contributed by atoms with Crippen LogP contribution >= 0.6 is 11.3 Å². The molecule has 0 amide bonds. The molecule has 2 heterocycles. The van der Waals surface area contributed by atoms with Crippen molar-refractivity contribution in [2.75, 3.05) is 21.9 Å². The third-order valence-corrected chi connectivity index (χ3v) is 7.69. The van der Waals surface area contributed by atoms with E-state index in [-0.39, 0.29) is 33.7 Å². The molecule has 10 nitrogen and oxygen atoms in total. The highest BCUT2D eigenvalue weighted by atomic mass is 32.2. The second kappa shape index (κ2) is 11.7. The maximum Gasteiger partial charge on any atom is 0.404 e. The maximum absolute atomic E-state index is 12.9. The van der Waals surface area contributed by atoms with Crippen LogP contribution < -0.4 is 9.62 Å². The second-order valence-corrected chi connectivity index (χ2v) is 11.4. The molecule has 0 bridgehead atoms. The summed E-state index contributed by atoms with van der Waals surface area (Å²) in [6.07, 6.45) is -2.24. The fourth-order valence-electron chi connectivity index (χ4n) is 3.76. The Bertz CT molecular complexity index is 1250. The normalized spacial score (nSPS) is 17.1. The zero-order chi connectivity index (χ0) is 27.4. The van der Waals surface area contributed by atoms with Gasteiger partial charge in [-0.15, -0.1) is 20.4 Å². The van der Waals surface area contributed by atoms with Crippen LogP contribution in [0.3, 0.4) is 0 Å². The van der Waals surface area contributed by atoms with E-state index in [4.69, 9.17) is 4.74 Å². The van der Waals surface area contributed by atoms with Gasteiger partial charge < -0.3 is 9.64 Å². The molecule has 2 atom stereocenters. The van der Waals surface area contributed by atoms with Gasteiger partial charge in [0, 0.05) is 18.3 Å². The Morgan fingerprint density at radius 1 is 1.30 bits per heavy atom. The summed E-state index contributed by atoms with van der Waals surface area (Å²) in [5.74, 6) is -2.70. The third kappa shape index (κ3) is 7.84. The molecule has 2 aromatic rings. The number of hydrogen-bond acceptors (Lipinski definition) is 10. The summed E-state index contributed by atoms with van der Waals surface area (Å²) in [6, 6.07) is 3.28. The summed E-state index contributed by atoms with van der Waals surface area (Å²) in [4.78, 5) is 14.2. The van der Waals surface area contributed by atoms with E-state index >= 15 is 0 Å². The van der Waals surface area contributed by atoms with Crippen LogP contribution in [0.4, 0.5) is 35.4 Å². The van der Waals surface area contributed by atoms with Crippen LogP contribution in [0.15, 0.2) is 22.4 Å². The van der Waals surface area contributed by atoms with Crippen molar-refractivity contribution >= 4 is 49.5 Å². The number of anilines is 2. The minimum atomic E-state index is -4.92. The predicted octanol–water partition coefficient (Wildman–Crippen LogP) is 5.76. The van der Waals surface area contributed by atoms with Crippen molar-refractivity contribution in [3.63, 3.8) is 0 Å². The molecule has 37 heavy (non-hydrogen) atoms. The molecular weight excluding hydrogens is 533 g/mol. The lowest BCUT2D eigenvalue weighted by Gasteiger charge is -2.37. The molecule has 1 aromatic heterocycles. The number of rotatable bonds is 10. The first-order chi connectivity index (χ1) is 17.3. The van der Waals surface area contributed by atoms with E-state index in [1.807, 2.05) is 25.5 Å². The molecule has 3 rings (SSSR count). The number of azo groups is 1. The monoisotopic (exact) mass is 562 g/mol. The van der Waals surface area contributed by atoms with Crippen molar-refractivity contribution in [2.45, 2.75) is 71.7 Å². The summed E-state index contributed by atoms with van der Waals surface area (Å²) in [6.45, 7) is 8.34. The third-order valence-electron chi connectivity index (χ3n) is 5.67. The summed E-state index contributed by atoms with van der Waals surface area (Å²) >= 11 is 0.823. The van der Waals surface area contributed by atoms with Crippen LogP contribution in [0.25, 0.3) is 0 Å². The quantitative estimate of drug-likeness (QED) is 0.288. The number of ether oxygens (including phenoxy) is 1. The number of nitrogens with one attached hydrogen (secondary N) is 1. The number of fused-ring (bicyclic) bond motifs is 1. The molecule has 1 aliphatic rings. The molecule has 15 heteroatoms. The molecule has 0 saturated heterocycles. The summed E-state index contributed by atoms with van der Waals surface area (Å²) in [5, 5.41) is 15.5. The number of alkyl halides is 3. The van der Waals surface area contributed by atoms with Crippen LogP contribution in [0.5, 0.6) is 0 Å². The van der Waals surface area contributed by atoms with Crippen molar-refractivity contribution in [3.8, 4) is 0 Å². The van der Waals surface area contributed by atoms with Gasteiger partial charge in [-0.3, -0.25) is 4.72 Å². The molecule has 0 radical (unpaired) electrons. The Balaban J connectivity index is 1.97. The number of hydrogen-bond donors (Lipinski definition) is 1. The largest absolute Gasteiger partial charge is 0.457 e. The molecule has 1 N–H and O–H groups in total. The smallest absolute Gasteiger partial charge is 0.404 e. The van der Waals surface area contributed by atoms with Crippen LogP contribution in [0.2, 0.25) is 0 Å². The van der Waals surface area contributed by atoms with E-state index < -0.39 is 27.9 Å². The lowest BCUT2D eigenvalue weighted by atomic mass is 9.95. The first-order valence-electron chi connectivity index (χ1n) is 11.8. The average Bonchev–Trinajstić information content (AvgIpc) is 3.27. The van der Waals surface area contributed by atoms with Gasteiger partial charge in [-0.05, 0) is 57.2 Å². The molecule has 2 unspecified atom stereocenters. The standard InChI is InChI=1S/C22H29F3N6O4S2/c1-5-9-31-13(3)7-8-15-10-16(17(11-18(15)31)30-37(33,34)12-22(23,24)25)26-28-21-29-27-19(36-21)20(32)35-14(4)6-2/h10-11,13-14,30H,5-9,12H2,1-4H3. The van der Waals surface area contributed by atoms with Gasteiger partial charge >= 0.3 is 12.1 Å². The minimum absolute atomic E-state index is 0.000785. The molecule has 0 spiro atoms. The Labute approximate surface area is 217 Å². The van der Waals surface area contributed by atoms with E-state index in [0.29, 0.717) is 19.4 Å². The van der Waals surface area contributed by atoms with Gasteiger partial charge in [-0.1, -0.05) is 25.2 Å². The highest BCUT2D eigenvalue weighted by Crippen LogP contribution is 2.40. The Morgan fingerprint density at radius 2 is 2.03 bits per heavy atom. The number of halogens is 3.